The van der Waals surface area contributed by atoms with Crippen LogP contribution in [0.5, 0.6) is 5.75 Å². The van der Waals surface area contributed by atoms with Crippen LogP contribution < -0.4 is 16.4 Å². The number of carbonyl (C=O) groups excluding carboxylic acids is 2. The lowest BCUT2D eigenvalue weighted by Crippen LogP contribution is -2.13. The maximum absolute atomic E-state index is 12.6. The third-order valence-electron chi connectivity index (χ3n) is 4.64. The van der Waals surface area contributed by atoms with E-state index in [0.29, 0.717) is 33.4 Å². The van der Waals surface area contributed by atoms with E-state index in [1.54, 1.807) is 72.8 Å². The molecule has 0 aliphatic heterocycles. The molecule has 0 fully saturated rings. The fraction of sp³-hybridized carbons (Fsp3) is 0. The van der Waals surface area contributed by atoms with Crippen LogP contribution in [0.3, 0.4) is 0 Å². The molecule has 0 radical (unpaired) electrons. The van der Waals surface area contributed by atoms with E-state index >= 15 is 0 Å². The van der Waals surface area contributed by atoms with E-state index < -0.39 is 5.91 Å². The Kier molecular flexibility index (Phi) is 5.05. The highest BCUT2D eigenvalue weighted by atomic mass is 16.3. The number of hydrogen-bond donors (Lipinski definition) is 4. The standard InChI is InChI=1S/C24H19N3O3/c25-18-5-4-8-20(14-18)27-23(29)16-10-9-15-13-22(28)21(12-17(15)11-16)24(30)26-19-6-2-1-3-7-19/h1-14,28H,25H2,(H,26,30)(H,27,29). The maximum atomic E-state index is 12.6. The van der Waals surface area contributed by atoms with Gasteiger partial charge in [-0.1, -0.05) is 30.3 Å². The first kappa shape index (κ1) is 19.0. The van der Waals surface area contributed by atoms with Gasteiger partial charge in [0.05, 0.1) is 5.56 Å². The van der Waals surface area contributed by atoms with E-state index in [1.165, 1.54) is 6.07 Å². The van der Waals surface area contributed by atoms with Gasteiger partial charge in [0.15, 0.2) is 0 Å². The molecular formula is C24H19N3O3. The Morgan fingerprint density at radius 2 is 1.43 bits per heavy atom. The van der Waals surface area contributed by atoms with Gasteiger partial charge < -0.3 is 21.5 Å². The van der Waals surface area contributed by atoms with Crippen LogP contribution in [-0.4, -0.2) is 16.9 Å². The molecule has 0 saturated heterocycles. The van der Waals surface area contributed by atoms with Crippen molar-refractivity contribution in [2.45, 2.75) is 0 Å². The zero-order chi connectivity index (χ0) is 21.1. The number of nitrogen functional groups attached to an aromatic ring is 1. The van der Waals surface area contributed by atoms with Crippen molar-refractivity contribution in [1.82, 2.24) is 0 Å². The van der Waals surface area contributed by atoms with Gasteiger partial charge in [0.25, 0.3) is 11.8 Å². The summed E-state index contributed by atoms with van der Waals surface area (Å²) in [6.45, 7) is 0. The molecular weight excluding hydrogens is 378 g/mol. The predicted octanol–water partition coefficient (Wildman–Crippen LogP) is 4.63. The normalized spacial score (nSPS) is 10.5. The Hall–Kier alpha value is -4.32. The Bertz CT molecular complexity index is 1250. The molecule has 4 aromatic rings. The van der Waals surface area contributed by atoms with Crippen molar-refractivity contribution in [2.75, 3.05) is 16.4 Å². The van der Waals surface area contributed by atoms with E-state index in [0.717, 1.165) is 0 Å². The van der Waals surface area contributed by atoms with Crippen molar-refractivity contribution in [2.24, 2.45) is 0 Å². The number of rotatable bonds is 4. The molecule has 4 rings (SSSR count). The summed E-state index contributed by atoms with van der Waals surface area (Å²) in [6, 6.07) is 24.0. The summed E-state index contributed by atoms with van der Waals surface area (Å²) in [5.74, 6) is -0.867. The number of para-hydroxylation sites is 1. The van der Waals surface area contributed by atoms with Gasteiger partial charge in [0, 0.05) is 22.6 Å². The topological polar surface area (TPSA) is 104 Å². The second-order valence-corrected chi connectivity index (χ2v) is 6.83. The lowest BCUT2D eigenvalue weighted by atomic mass is 10.0. The molecule has 0 aliphatic carbocycles. The molecule has 148 valence electrons. The Labute approximate surface area is 173 Å². The van der Waals surface area contributed by atoms with Crippen LogP contribution in [-0.2, 0) is 0 Å². The summed E-state index contributed by atoms with van der Waals surface area (Å²) in [4.78, 5) is 25.2. The zero-order valence-corrected chi connectivity index (χ0v) is 15.9. The lowest BCUT2D eigenvalue weighted by Gasteiger charge is -2.10. The van der Waals surface area contributed by atoms with E-state index in [4.69, 9.17) is 5.73 Å². The van der Waals surface area contributed by atoms with Gasteiger partial charge in [-0.2, -0.15) is 0 Å². The molecule has 30 heavy (non-hydrogen) atoms. The smallest absolute Gasteiger partial charge is 0.259 e. The molecule has 0 bridgehead atoms. The molecule has 0 unspecified atom stereocenters. The minimum Gasteiger partial charge on any atom is -0.507 e. The maximum Gasteiger partial charge on any atom is 0.259 e. The third kappa shape index (κ3) is 4.07. The van der Waals surface area contributed by atoms with Gasteiger partial charge in [0.2, 0.25) is 0 Å². The van der Waals surface area contributed by atoms with Crippen LogP contribution in [0.25, 0.3) is 10.8 Å². The number of fused-ring (bicyclic) bond motifs is 1. The van der Waals surface area contributed by atoms with Crippen molar-refractivity contribution < 1.29 is 14.7 Å². The molecule has 6 heteroatoms. The summed E-state index contributed by atoms with van der Waals surface area (Å²) in [7, 11) is 0. The predicted molar refractivity (Wildman–Crippen MR) is 119 cm³/mol. The first-order valence-electron chi connectivity index (χ1n) is 9.30. The van der Waals surface area contributed by atoms with Gasteiger partial charge in [-0.25, -0.2) is 0 Å². The molecule has 0 aliphatic rings. The number of aromatic hydroxyl groups is 1. The summed E-state index contributed by atoms with van der Waals surface area (Å²) >= 11 is 0. The second-order valence-electron chi connectivity index (χ2n) is 6.83. The first-order chi connectivity index (χ1) is 14.5. The summed E-state index contributed by atoms with van der Waals surface area (Å²) in [5, 5.41) is 17.2. The molecule has 2 amide bonds. The molecule has 4 aromatic carbocycles. The molecule has 0 aromatic heterocycles. The average molecular weight is 397 g/mol. The highest BCUT2D eigenvalue weighted by Crippen LogP contribution is 2.27. The number of nitrogens with one attached hydrogen (secondary N) is 2. The number of nitrogens with two attached hydrogens (primary N) is 1. The van der Waals surface area contributed by atoms with Crippen LogP contribution in [0, 0.1) is 0 Å². The van der Waals surface area contributed by atoms with Gasteiger partial charge in [-0.05, 0) is 65.4 Å². The largest absolute Gasteiger partial charge is 0.507 e. The SMILES string of the molecule is Nc1cccc(NC(=O)c2ccc3cc(O)c(C(=O)Nc4ccccc4)cc3c2)c1. The third-order valence-corrected chi connectivity index (χ3v) is 4.64. The Balaban J connectivity index is 1.62. The minimum atomic E-state index is -0.435. The second kappa shape index (κ2) is 7.97. The van der Waals surface area contributed by atoms with E-state index in [2.05, 4.69) is 10.6 Å². The minimum absolute atomic E-state index is 0.125. The molecule has 0 heterocycles. The monoisotopic (exact) mass is 397 g/mol. The Morgan fingerprint density at radius 1 is 0.700 bits per heavy atom. The number of carbonyl (C=O) groups is 2. The number of phenolic OH excluding ortho intramolecular Hbond substituents is 1. The van der Waals surface area contributed by atoms with Crippen LogP contribution in [0.15, 0.2) is 84.9 Å². The fourth-order valence-electron chi connectivity index (χ4n) is 3.15. The van der Waals surface area contributed by atoms with E-state index in [-0.39, 0.29) is 17.2 Å². The number of benzene rings is 4. The number of phenols is 1. The molecule has 0 saturated carbocycles. The highest BCUT2D eigenvalue weighted by molar-refractivity contribution is 6.10. The van der Waals surface area contributed by atoms with Gasteiger partial charge in [0.1, 0.15) is 5.75 Å². The van der Waals surface area contributed by atoms with Crippen LogP contribution in [0.2, 0.25) is 0 Å². The van der Waals surface area contributed by atoms with Crippen LogP contribution >= 0.6 is 0 Å². The van der Waals surface area contributed by atoms with Crippen molar-refractivity contribution >= 4 is 39.6 Å². The van der Waals surface area contributed by atoms with Gasteiger partial charge >= 0.3 is 0 Å². The molecule has 0 atom stereocenters. The molecule has 5 N–H and O–H groups in total. The average Bonchev–Trinajstić information content (AvgIpc) is 2.73. The summed E-state index contributed by atoms with van der Waals surface area (Å²) < 4.78 is 0. The first-order valence-corrected chi connectivity index (χ1v) is 9.30. The quantitative estimate of drug-likeness (QED) is 0.377. The number of anilines is 3. The summed E-state index contributed by atoms with van der Waals surface area (Å²) in [5.41, 5.74) is 8.06. The van der Waals surface area contributed by atoms with Gasteiger partial charge in [-0.3, -0.25) is 9.59 Å². The van der Waals surface area contributed by atoms with Crippen molar-refractivity contribution in [3.8, 4) is 5.75 Å². The van der Waals surface area contributed by atoms with Crippen molar-refractivity contribution in [1.29, 1.82) is 0 Å². The van der Waals surface area contributed by atoms with Crippen molar-refractivity contribution in [3.63, 3.8) is 0 Å². The fourth-order valence-corrected chi connectivity index (χ4v) is 3.15. The van der Waals surface area contributed by atoms with E-state index in [1.807, 2.05) is 6.07 Å². The Morgan fingerprint density at radius 3 is 2.20 bits per heavy atom. The molecule has 0 spiro atoms. The van der Waals surface area contributed by atoms with Crippen molar-refractivity contribution in [3.05, 3.63) is 96.1 Å². The number of hydrogen-bond acceptors (Lipinski definition) is 4. The van der Waals surface area contributed by atoms with Crippen LogP contribution in [0.1, 0.15) is 20.7 Å². The van der Waals surface area contributed by atoms with Gasteiger partial charge in [-0.15, -0.1) is 0 Å². The lowest BCUT2D eigenvalue weighted by molar-refractivity contribution is 0.101. The highest BCUT2D eigenvalue weighted by Gasteiger charge is 2.14. The number of amides is 2. The zero-order valence-electron chi connectivity index (χ0n) is 15.9. The molecule has 6 nitrogen and oxygen atoms in total. The van der Waals surface area contributed by atoms with Crippen LogP contribution in [0.4, 0.5) is 17.1 Å². The van der Waals surface area contributed by atoms with E-state index in [9.17, 15) is 14.7 Å². The summed E-state index contributed by atoms with van der Waals surface area (Å²) in [6.07, 6.45) is 0.